The number of halogens is 6. The lowest BCUT2D eigenvalue weighted by molar-refractivity contribution is 0.0139. The molecule has 6 heteroatoms. The van der Waals surface area contributed by atoms with Crippen LogP contribution in [0.2, 0.25) is 0 Å². The molecule has 0 saturated heterocycles. The zero-order valence-electron chi connectivity index (χ0n) is 3.92. The molecule has 0 saturated carbocycles. The highest BCUT2D eigenvalue weighted by Gasteiger charge is 2.45. The minimum atomic E-state index is -3.40. The van der Waals surface area contributed by atoms with Crippen LogP contribution < -0.4 is 0 Å². The molecular weight excluding hydrogens is 274 g/mol. The van der Waals surface area contributed by atoms with E-state index >= 15 is 0 Å². The van der Waals surface area contributed by atoms with Crippen LogP contribution >= 0.6 is 34.2 Å². The molecule has 0 fully saturated rings. The van der Waals surface area contributed by atoms with E-state index in [9.17, 15) is 17.6 Å². The molecule has 0 heterocycles. The van der Waals surface area contributed by atoms with Crippen molar-refractivity contribution in [1.82, 2.24) is 0 Å². The van der Waals surface area contributed by atoms with E-state index in [1.54, 1.807) is 0 Å². The van der Waals surface area contributed by atoms with Gasteiger partial charge in [-0.2, -0.15) is 0 Å². The van der Waals surface area contributed by atoms with Gasteiger partial charge in [-0.05, 0) is 22.6 Å². The van der Waals surface area contributed by atoms with E-state index in [1.807, 2.05) is 0 Å². The summed E-state index contributed by atoms with van der Waals surface area (Å²) in [6.45, 7) is 0. The van der Waals surface area contributed by atoms with Crippen LogP contribution in [-0.2, 0) is 0 Å². The van der Waals surface area contributed by atoms with Gasteiger partial charge in [0.15, 0.2) is 0 Å². The molecule has 0 aromatic carbocycles. The number of alkyl halides is 6. The van der Waals surface area contributed by atoms with Gasteiger partial charge in [0.1, 0.15) is 0 Å². The number of rotatable bonds is 2. The SMILES string of the molecule is FC(F)C(F)(I)C(F)Cl. The lowest BCUT2D eigenvalue weighted by Gasteiger charge is -2.15. The summed E-state index contributed by atoms with van der Waals surface area (Å²) in [5, 5.41) is 0. The van der Waals surface area contributed by atoms with Gasteiger partial charge in [-0.15, -0.1) is 0 Å². The summed E-state index contributed by atoms with van der Waals surface area (Å²) < 4.78 is 43.1. The molecule has 0 spiro atoms. The van der Waals surface area contributed by atoms with Crippen LogP contribution in [0.3, 0.4) is 0 Å². The fourth-order valence-corrected chi connectivity index (χ4v) is 0.190. The first kappa shape index (κ1) is 9.74. The zero-order chi connectivity index (χ0) is 7.65. The van der Waals surface area contributed by atoms with Gasteiger partial charge in [-0.1, -0.05) is 11.6 Å². The molecule has 56 valence electrons. The van der Waals surface area contributed by atoms with Crippen molar-refractivity contribution in [3.8, 4) is 0 Å². The molecule has 0 amide bonds. The van der Waals surface area contributed by atoms with Crippen LogP contribution in [0.4, 0.5) is 17.6 Å². The monoisotopic (exact) mass is 276 g/mol. The molecule has 0 aliphatic rings. The smallest absolute Gasteiger partial charge is 0.225 e. The van der Waals surface area contributed by atoms with Crippen LogP contribution in [0, 0.1) is 0 Å². The van der Waals surface area contributed by atoms with E-state index in [4.69, 9.17) is 0 Å². The van der Waals surface area contributed by atoms with Crippen molar-refractivity contribution in [1.29, 1.82) is 0 Å². The van der Waals surface area contributed by atoms with E-state index in [2.05, 4.69) is 11.6 Å². The first-order chi connectivity index (χ1) is 3.89. The third-order valence-electron chi connectivity index (χ3n) is 0.582. The molecule has 0 rings (SSSR count). The zero-order valence-corrected chi connectivity index (χ0v) is 6.84. The van der Waals surface area contributed by atoms with Gasteiger partial charge < -0.3 is 0 Å². The molecule has 0 aliphatic heterocycles. The van der Waals surface area contributed by atoms with Crippen LogP contribution in [0.25, 0.3) is 0 Å². The Kier molecular flexibility index (Phi) is 3.49. The van der Waals surface area contributed by atoms with Gasteiger partial charge in [0.05, 0.1) is 0 Å². The summed E-state index contributed by atoms with van der Waals surface area (Å²) in [5.74, 6) is 0. The molecule has 0 radical (unpaired) electrons. The summed E-state index contributed by atoms with van der Waals surface area (Å²) >= 11 is 5.07. The Morgan fingerprint density at radius 3 is 1.67 bits per heavy atom. The van der Waals surface area contributed by atoms with E-state index < -0.39 is 15.7 Å². The Bertz CT molecular complexity index is 83.8. The fourth-order valence-electron chi connectivity index (χ4n) is 0.0952. The van der Waals surface area contributed by atoms with Crippen molar-refractivity contribution in [2.24, 2.45) is 0 Å². The molecule has 2 unspecified atom stereocenters. The maximum atomic E-state index is 12.1. The van der Waals surface area contributed by atoms with Crippen molar-refractivity contribution in [2.45, 2.75) is 15.7 Å². The Morgan fingerprint density at radius 2 is 1.67 bits per heavy atom. The van der Waals surface area contributed by atoms with Crippen LogP contribution in [0.1, 0.15) is 0 Å². The summed E-state index contributed by atoms with van der Waals surface area (Å²) in [4.78, 5) is 0. The van der Waals surface area contributed by atoms with Crippen molar-refractivity contribution in [3.63, 3.8) is 0 Å². The van der Waals surface area contributed by atoms with Crippen molar-refractivity contribution >= 4 is 34.2 Å². The van der Waals surface area contributed by atoms with Gasteiger partial charge in [-0.25, -0.2) is 17.6 Å². The number of hydrogen-bond acceptors (Lipinski definition) is 0. The van der Waals surface area contributed by atoms with E-state index in [0.29, 0.717) is 22.6 Å². The summed E-state index contributed by atoms with van der Waals surface area (Å²) in [6.07, 6.45) is -3.40. The highest BCUT2D eigenvalue weighted by atomic mass is 127. The Balaban J connectivity index is 4.01. The first-order valence-corrected chi connectivity index (χ1v) is 3.34. The molecule has 0 aromatic heterocycles. The fraction of sp³-hybridized carbons (Fsp3) is 1.00. The predicted octanol–water partition coefficient (Wildman–Crippen LogP) is 2.89. The Morgan fingerprint density at radius 1 is 1.33 bits per heavy atom. The molecule has 0 aliphatic carbocycles. The lowest BCUT2D eigenvalue weighted by atomic mass is 10.4. The minimum absolute atomic E-state index is 0.632. The lowest BCUT2D eigenvalue weighted by Crippen LogP contribution is -2.31. The highest BCUT2D eigenvalue weighted by molar-refractivity contribution is 14.1. The second-order valence-electron chi connectivity index (χ2n) is 1.28. The minimum Gasteiger partial charge on any atom is -0.225 e. The standard InChI is InChI=1S/C3H2ClF4I/c4-1(5)3(8,9)2(6)7/h1-2H. The molecule has 9 heavy (non-hydrogen) atoms. The number of hydrogen-bond donors (Lipinski definition) is 0. The van der Waals surface area contributed by atoms with E-state index in [-0.39, 0.29) is 0 Å². The maximum absolute atomic E-state index is 12.1. The van der Waals surface area contributed by atoms with Crippen LogP contribution in [-0.4, -0.2) is 15.7 Å². The van der Waals surface area contributed by atoms with E-state index in [1.165, 1.54) is 0 Å². The third kappa shape index (κ3) is 2.45. The van der Waals surface area contributed by atoms with Gasteiger partial charge in [-0.3, -0.25) is 0 Å². The normalized spacial score (nSPS) is 21.7. The molecule has 0 nitrogen and oxygen atoms in total. The molecular formula is C3H2ClF4I. The van der Waals surface area contributed by atoms with Gasteiger partial charge >= 0.3 is 0 Å². The molecule has 0 aromatic rings. The average Bonchev–Trinajstić information content (AvgIpc) is 1.65. The van der Waals surface area contributed by atoms with Crippen molar-refractivity contribution in [3.05, 3.63) is 0 Å². The van der Waals surface area contributed by atoms with Gasteiger partial charge in [0.2, 0.25) is 5.63 Å². The van der Waals surface area contributed by atoms with Crippen LogP contribution in [0.5, 0.6) is 0 Å². The quantitative estimate of drug-likeness (QED) is 0.413. The molecule has 2 atom stereocenters. The van der Waals surface area contributed by atoms with Crippen molar-refractivity contribution < 1.29 is 17.6 Å². The second-order valence-corrected chi connectivity index (χ2v) is 3.31. The molecule has 0 N–H and O–H groups in total. The Labute approximate surface area is 67.7 Å². The largest absolute Gasteiger partial charge is 0.285 e. The van der Waals surface area contributed by atoms with Gasteiger partial charge in [0.25, 0.3) is 10.1 Å². The van der Waals surface area contributed by atoms with E-state index in [0.717, 1.165) is 0 Å². The topological polar surface area (TPSA) is 0 Å². The average molecular weight is 276 g/mol. The third-order valence-corrected chi connectivity index (χ3v) is 2.29. The van der Waals surface area contributed by atoms with Crippen molar-refractivity contribution in [2.75, 3.05) is 0 Å². The van der Waals surface area contributed by atoms with Gasteiger partial charge in [0, 0.05) is 0 Å². The Hall–Kier alpha value is 0.740. The highest BCUT2D eigenvalue weighted by Crippen LogP contribution is 2.36. The second kappa shape index (κ2) is 3.23. The first-order valence-electron chi connectivity index (χ1n) is 1.83. The summed E-state index contributed by atoms with van der Waals surface area (Å²) in [5.41, 5.74) is -2.67. The van der Waals surface area contributed by atoms with Crippen LogP contribution in [0.15, 0.2) is 0 Å². The summed E-state index contributed by atoms with van der Waals surface area (Å²) in [7, 11) is 0. The predicted molar refractivity (Wildman–Crippen MR) is 34.6 cm³/mol. The molecule has 0 bridgehead atoms. The summed E-state index contributed by atoms with van der Waals surface area (Å²) in [6, 6.07) is 0. The maximum Gasteiger partial charge on any atom is 0.285 e.